The van der Waals surface area contributed by atoms with Crippen molar-refractivity contribution >= 4 is 5.78 Å². The zero-order valence-corrected chi connectivity index (χ0v) is 11.3. The normalized spacial score (nSPS) is 14.1. The van der Waals surface area contributed by atoms with E-state index in [0.717, 1.165) is 12.1 Å². The summed E-state index contributed by atoms with van der Waals surface area (Å²) >= 11 is 0. The molecule has 2 aromatic rings. The third kappa shape index (κ3) is 2.74. The summed E-state index contributed by atoms with van der Waals surface area (Å²) in [5.41, 5.74) is 6.67. The lowest BCUT2D eigenvalue weighted by Gasteiger charge is -2.22. The zero-order valence-electron chi connectivity index (χ0n) is 11.3. The Bertz CT molecular complexity index is 558. The van der Waals surface area contributed by atoms with Gasteiger partial charge in [0.05, 0.1) is 17.4 Å². The Kier molecular flexibility index (Phi) is 3.81. The standard InChI is InChI=1S/C15H19N3O/c1-3-10-15(2,16)14(19)13-9-11-17-18(13)12-7-5-4-6-8-12/h4-9,11H,3,10,16H2,1-2H3. The van der Waals surface area contributed by atoms with Crippen LogP contribution in [0.4, 0.5) is 0 Å². The van der Waals surface area contributed by atoms with Crippen LogP contribution in [0, 0.1) is 0 Å². The minimum Gasteiger partial charge on any atom is -0.319 e. The van der Waals surface area contributed by atoms with Gasteiger partial charge in [-0.15, -0.1) is 0 Å². The number of Topliss-reactive ketones (excluding diaryl/α,β-unsaturated/α-hetero) is 1. The van der Waals surface area contributed by atoms with Crippen molar-refractivity contribution in [3.05, 3.63) is 48.3 Å². The molecule has 100 valence electrons. The molecule has 0 fully saturated rings. The molecule has 0 saturated heterocycles. The third-order valence-corrected chi connectivity index (χ3v) is 3.16. The predicted molar refractivity (Wildman–Crippen MR) is 75.4 cm³/mol. The number of carbonyl (C=O) groups is 1. The van der Waals surface area contributed by atoms with Crippen molar-refractivity contribution in [3.63, 3.8) is 0 Å². The lowest BCUT2D eigenvalue weighted by molar-refractivity contribution is 0.0885. The second kappa shape index (κ2) is 5.36. The Morgan fingerprint density at radius 2 is 2.00 bits per heavy atom. The Morgan fingerprint density at radius 3 is 2.63 bits per heavy atom. The molecule has 0 bridgehead atoms. The number of para-hydroxylation sites is 1. The summed E-state index contributed by atoms with van der Waals surface area (Å²) in [6.07, 6.45) is 3.16. The summed E-state index contributed by atoms with van der Waals surface area (Å²) in [5, 5.41) is 4.22. The Balaban J connectivity index is 2.38. The highest BCUT2D eigenvalue weighted by Gasteiger charge is 2.30. The average molecular weight is 257 g/mol. The molecule has 0 radical (unpaired) electrons. The Hall–Kier alpha value is -1.94. The van der Waals surface area contributed by atoms with E-state index < -0.39 is 5.54 Å². The number of hydrogen-bond acceptors (Lipinski definition) is 3. The molecule has 19 heavy (non-hydrogen) atoms. The second-order valence-electron chi connectivity index (χ2n) is 4.96. The zero-order chi connectivity index (χ0) is 13.9. The molecular formula is C15H19N3O. The fraction of sp³-hybridized carbons (Fsp3) is 0.333. The van der Waals surface area contributed by atoms with Gasteiger partial charge in [0.1, 0.15) is 5.69 Å². The molecule has 1 aromatic carbocycles. The highest BCUT2D eigenvalue weighted by molar-refractivity contribution is 6.01. The molecule has 4 heteroatoms. The molecule has 0 aliphatic heterocycles. The molecular weight excluding hydrogens is 238 g/mol. The highest BCUT2D eigenvalue weighted by atomic mass is 16.1. The van der Waals surface area contributed by atoms with E-state index in [0.29, 0.717) is 12.1 Å². The predicted octanol–water partition coefficient (Wildman–Crippen LogP) is 2.57. The third-order valence-electron chi connectivity index (χ3n) is 3.16. The van der Waals surface area contributed by atoms with Crippen molar-refractivity contribution in [2.24, 2.45) is 5.73 Å². The largest absolute Gasteiger partial charge is 0.319 e. The quantitative estimate of drug-likeness (QED) is 0.837. The van der Waals surface area contributed by atoms with Crippen LogP contribution in [0.3, 0.4) is 0 Å². The highest BCUT2D eigenvalue weighted by Crippen LogP contribution is 2.18. The van der Waals surface area contributed by atoms with E-state index in [2.05, 4.69) is 5.10 Å². The van der Waals surface area contributed by atoms with Gasteiger partial charge in [0.25, 0.3) is 0 Å². The van der Waals surface area contributed by atoms with Crippen LogP contribution in [0.5, 0.6) is 0 Å². The molecule has 4 nitrogen and oxygen atoms in total. The fourth-order valence-corrected chi connectivity index (χ4v) is 2.18. The van der Waals surface area contributed by atoms with Crippen LogP contribution < -0.4 is 5.73 Å². The maximum atomic E-state index is 12.5. The maximum absolute atomic E-state index is 12.5. The van der Waals surface area contributed by atoms with Crippen LogP contribution in [-0.4, -0.2) is 21.1 Å². The van der Waals surface area contributed by atoms with Gasteiger partial charge in [-0.05, 0) is 31.5 Å². The molecule has 1 unspecified atom stereocenters. The van der Waals surface area contributed by atoms with E-state index in [1.807, 2.05) is 37.3 Å². The van der Waals surface area contributed by atoms with Gasteiger partial charge in [0.15, 0.2) is 0 Å². The van der Waals surface area contributed by atoms with E-state index in [1.165, 1.54) is 0 Å². The first-order valence-electron chi connectivity index (χ1n) is 6.49. The van der Waals surface area contributed by atoms with Crippen LogP contribution in [-0.2, 0) is 0 Å². The molecule has 0 saturated carbocycles. The number of aromatic nitrogens is 2. The van der Waals surface area contributed by atoms with Gasteiger partial charge in [0.2, 0.25) is 5.78 Å². The van der Waals surface area contributed by atoms with E-state index in [1.54, 1.807) is 23.9 Å². The number of benzene rings is 1. The number of nitrogens with two attached hydrogens (primary N) is 1. The van der Waals surface area contributed by atoms with E-state index in [-0.39, 0.29) is 5.78 Å². The van der Waals surface area contributed by atoms with Crippen LogP contribution in [0.15, 0.2) is 42.6 Å². The van der Waals surface area contributed by atoms with Gasteiger partial charge in [-0.2, -0.15) is 5.10 Å². The van der Waals surface area contributed by atoms with Gasteiger partial charge in [-0.3, -0.25) is 4.79 Å². The van der Waals surface area contributed by atoms with Gasteiger partial charge in [-0.1, -0.05) is 31.5 Å². The SMILES string of the molecule is CCCC(C)(N)C(=O)c1ccnn1-c1ccccc1. The summed E-state index contributed by atoms with van der Waals surface area (Å²) in [4.78, 5) is 12.5. The van der Waals surface area contributed by atoms with E-state index in [9.17, 15) is 4.79 Å². The Morgan fingerprint density at radius 1 is 1.32 bits per heavy atom. The molecule has 2 N–H and O–H groups in total. The molecule has 2 rings (SSSR count). The molecule has 0 amide bonds. The lowest BCUT2D eigenvalue weighted by Crippen LogP contribution is -2.45. The first kappa shape index (κ1) is 13.5. The van der Waals surface area contributed by atoms with Crippen LogP contribution in [0.2, 0.25) is 0 Å². The minimum atomic E-state index is -0.846. The fourth-order valence-electron chi connectivity index (χ4n) is 2.18. The van der Waals surface area contributed by atoms with E-state index in [4.69, 9.17) is 5.73 Å². The maximum Gasteiger partial charge on any atom is 0.200 e. The smallest absolute Gasteiger partial charge is 0.200 e. The van der Waals surface area contributed by atoms with Gasteiger partial charge in [-0.25, -0.2) is 4.68 Å². The number of rotatable bonds is 5. The van der Waals surface area contributed by atoms with Gasteiger partial charge < -0.3 is 5.73 Å². The summed E-state index contributed by atoms with van der Waals surface area (Å²) in [5.74, 6) is -0.0734. The molecule has 1 heterocycles. The summed E-state index contributed by atoms with van der Waals surface area (Å²) in [6.45, 7) is 3.80. The number of nitrogens with zero attached hydrogens (tertiary/aromatic N) is 2. The van der Waals surface area contributed by atoms with Crippen molar-refractivity contribution in [3.8, 4) is 5.69 Å². The Labute approximate surface area is 113 Å². The van der Waals surface area contributed by atoms with Gasteiger partial charge >= 0.3 is 0 Å². The summed E-state index contributed by atoms with van der Waals surface area (Å²) < 4.78 is 1.64. The lowest BCUT2D eigenvalue weighted by atomic mass is 9.90. The van der Waals surface area contributed by atoms with Crippen molar-refractivity contribution in [1.29, 1.82) is 0 Å². The topological polar surface area (TPSA) is 60.9 Å². The van der Waals surface area contributed by atoms with E-state index >= 15 is 0 Å². The second-order valence-corrected chi connectivity index (χ2v) is 4.96. The van der Waals surface area contributed by atoms with Crippen LogP contribution in [0.1, 0.15) is 37.2 Å². The molecule has 1 aromatic heterocycles. The van der Waals surface area contributed by atoms with Crippen LogP contribution >= 0.6 is 0 Å². The number of hydrogen-bond donors (Lipinski definition) is 1. The monoisotopic (exact) mass is 257 g/mol. The molecule has 0 aliphatic rings. The average Bonchev–Trinajstić information content (AvgIpc) is 2.87. The number of ketones is 1. The van der Waals surface area contributed by atoms with Crippen LogP contribution in [0.25, 0.3) is 5.69 Å². The van der Waals surface area contributed by atoms with Crippen molar-refractivity contribution in [2.75, 3.05) is 0 Å². The van der Waals surface area contributed by atoms with Gasteiger partial charge in [0, 0.05) is 0 Å². The van der Waals surface area contributed by atoms with Crippen molar-refractivity contribution in [1.82, 2.24) is 9.78 Å². The molecule has 0 spiro atoms. The van der Waals surface area contributed by atoms with Crippen molar-refractivity contribution < 1.29 is 4.79 Å². The molecule has 1 atom stereocenters. The molecule has 0 aliphatic carbocycles. The first-order chi connectivity index (χ1) is 9.06. The first-order valence-corrected chi connectivity index (χ1v) is 6.49. The summed E-state index contributed by atoms with van der Waals surface area (Å²) in [7, 11) is 0. The van der Waals surface area contributed by atoms with Crippen molar-refractivity contribution in [2.45, 2.75) is 32.2 Å². The summed E-state index contributed by atoms with van der Waals surface area (Å²) in [6, 6.07) is 11.3. The number of carbonyl (C=O) groups excluding carboxylic acids is 1. The minimum absolute atomic E-state index is 0.0734.